The second kappa shape index (κ2) is 8.34. The van der Waals surface area contributed by atoms with Gasteiger partial charge in [-0.3, -0.25) is 4.79 Å². The lowest BCUT2D eigenvalue weighted by Crippen LogP contribution is -2.39. The van der Waals surface area contributed by atoms with Gasteiger partial charge in [0.05, 0.1) is 22.3 Å². The summed E-state index contributed by atoms with van der Waals surface area (Å²) >= 11 is 11.9. The molecule has 124 valence electrons. The lowest BCUT2D eigenvalue weighted by molar-refractivity contribution is -0.136. The van der Waals surface area contributed by atoms with Crippen molar-refractivity contribution < 1.29 is 14.4 Å². The molecule has 7 heteroatoms. The van der Waals surface area contributed by atoms with E-state index in [0.29, 0.717) is 29.6 Å². The van der Waals surface area contributed by atoms with Gasteiger partial charge in [-0.1, -0.05) is 40.5 Å². The lowest BCUT2D eigenvalue weighted by atomic mass is 10.0. The third kappa shape index (κ3) is 4.70. The van der Waals surface area contributed by atoms with E-state index >= 15 is 0 Å². The van der Waals surface area contributed by atoms with Crippen molar-refractivity contribution in [1.82, 2.24) is 4.90 Å². The molecule has 0 saturated heterocycles. The Kier molecular flexibility index (Phi) is 6.45. The maximum absolute atomic E-state index is 12.0. The van der Waals surface area contributed by atoms with Crippen molar-refractivity contribution in [2.24, 2.45) is 5.16 Å². The minimum absolute atomic E-state index is 0.0288. The van der Waals surface area contributed by atoms with Crippen LogP contribution in [0.1, 0.15) is 12.0 Å². The van der Waals surface area contributed by atoms with Gasteiger partial charge in [-0.15, -0.1) is 6.58 Å². The second-order valence-electron chi connectivity index (χ2n) is 5.12. The fourth-order valence-electron chi connectivity index (χ4n) is 2.27. The number of hydrogen-bond acceptors (Lipinski definition) is 4. The second-order valence-corrected chi connectivity index (χ2v) is 5.93. The predicted octanol–water partition coefficient (Wildman–Crippen LogP) is 3.15. The molecule has 0 N–H and O–H groups in total. The molecule has 1 aliphatic heterocycles. The molecule has 0 spiro atoms. The first-order valence-corrected chi connectivity index (χ1v) is 7.86. The summed E-state index contributed by atoms with van der Waals surface area (Å²) in [5, 5.41) is 5.06. The van der Waals surface area contributed by atoms with E-state index in [0.717, 1.165) is 11.3 Å². The van der Waals surface area contributed by atoms with Crippen LogP contribution in [0.2, 0.25) is 10.0 Å². The van der Waals surface area contributed by atoms with E-state index in [2.05, 4.69) is 11.7 Å². The van der Waals surface area contributed by atoms with Crippen LogP contribution in [0.3, 0.4) is 0 Å². The van der Waals surface area contributed by atoms with E-state index in [9.17, 15) is 4.79 Å². The summed E-state index contributed by atoms with van der Waals surface area (Å²) in [5.41, 5.74) is 1.65. The van der Waals surface area contributed by atoms with E-state index in [1.54, 1.807) is 23.1 Å². The van der Waals surface area contributed by atoms with Crippen LogP contribution in [-0.2, 0) is 14.4 Å². The Morgan fingerprint density at radius 3 is 2.96 bits per heavy atom. The molecule has 1 atom stereocenters. The zero-order valence-electron chi connectivity index (χ0n) is 12.8. The Labute approximate surface area is 145 Å². The summed E-state index contributed by atoms with van der Waals surface area (Å²) in [6, 6.07) is 5.32. The van der Waals surface area contributed by atoms with E-state index in [1.807, 2.05) is 6.07 Å². The number of carbonyl (C=O) groups excluding carboxylic acids is 1. The van der Waals surface area contributed by atoms with E-state index in [1.165, 1.54) is 7.11 Å². The molecule has 1 aromatic rings. The van der Waals surface area contributed by atoms with Crippen molar-refractivity contribution in [3.8, 4) is 0 Å². The molecule has 1 aromatic carbocycles. The SMILES string of the molecule is C=CCN(C[C@@H]1CC(c2ccc(Cl)c(Cl)c2)=NO1)C(=O)COC. The fourth-order valence-corrected chi connectivity index (χ4v) is 2.57. The number of rotatable bonds is 7. The van der Waals surface area contributed by atoms with Crippen molar-refractivity contribution in [1.29, 1.82) is 0 Å². The molecule has 0 saturated carbocycles. The molecule has 1 heterocycles. The van der Waals surface area contributed by atoms with Crippen molar-refractivity contribution in [2.75, 3.05) is 26.8 Å². The number of amides is 1. The third-order valence-corrected chi connectivity index (χ3v) is 4.12. The quantitative estimate of drug-likeness (QED) is 0.705. The minimum Gasteiger partial charge on any atom is -0.390 e. The first kappa shape index (κ1) is 17.8. The number of benzene rings is 1. The van der Waals surface area contributed by atoms with Gasteiger partial charge in [-0.25, -0.2) is 0 Å². The molecule has 0 fully saturated rings. The third-order valence-electron chi connectivity index (χ3n) is 3.38. The van der Waals surface area contributed by atoms with Gasteiger partial charge >= 0.3 is 0 Å². The highest BCUT2D eigenvalue weighted by molar-refractivity contribution is 6.42. The summed E-state index contributed by atoms with van der Waals surface area (Å²) in [7, 11) is 1.49. The zero-order valence-corrected chi connectivity index (χ0v) is 14.3. The molecule has 0 unspecified atom stereocenters. The maximum Gasteiger partial charge on any atom is 0.248 e. The largest absolute Gasteiger partial charge is 0.390 e. The molecular weight excluding hydrogens is 339 g/mol. The normalized spacial score (nSPS) is 16.7. The molecule has 5 nitrogen and oxygen atoms in total. The summed E-state index contributed by atoms with van der Waals surface area (Å²) in [6.07, 6.45) is 2.05. The van der Waals surface area contributed by atoms with Gasteiger partial charge in [-0.05, 0) is 12.1 Å². The van der Waals surface area contributed by atoms with Gasteiger partial charge in [0.25, 0.3) is 0 Å². The molecule has 0 bridgehead atoms. The number of ether oxygens (including phenoxy) is 1. The summed E-state index contributed by atoms with van der Waals surface area (Å²) in [5.74, 6) is -0.112. The molecule has 1 amide bonds. The van der Waals surface area contributed by atoms with Crippen molar-refractivity contribution in [3.05, 3.63) is 46.5 Å². The Morgan fingerprint density at radius 2 is 2.30 bits per heavy atom. The van der Waals surface area contributed by atoms with Crippen LogP contribution >= 0.6 is 23.2 Å². The van der Waals surface area contributed by atoms with Crippen molar-refractivity contribution >= 4 is 34.8 Å². The summed E-state index contributed by atoms with van der Waals surface area (Å²) < 4.78 is 4.89. The summed E-state index contributed by atoms with van der Waals surface area (Å²) in [4.78, 5) is 19.1. The molecule has 0 aromatic heterocycles. The van der Waals surface area contributed by atoms with Gasteiger partial charge in [0.15, 0.2) is 6.10 Å². The molecule has 1 aliphatic rings. The van der Waals surface area contributed by atoms with Gasteiger partial charge in [0.1, 0.15) is 6.61 Å². The van der Waals surface area contributed by atoms with E-state index in [4.69, 9.17) is 32.8 Å². The van der Waals surface area contributed by atoms with Crippen LogP contribution in [0.5, 0.6) is 0 Å². The van der Waals surface area contributed by atoms with Crippen LogP contribution in [0, 0.1) is 0 Å². The highest BCUT2D eigenvalue weighted by Crippen LogP contribution is 2.25. The number of oxime groups is 1. The standard InChI is InChI=1S/C16H18Cl2N2O3/c1-3-6-20(16(21)10-22-2)9-12-8-15(19-23-12)11-4-5-13(17)14(18)7-11/h3-5,7,12H,1,6,8-10H2,2H3/t12-/m0/s1. The van der Waals surface area contributed by atoms with Crippen molar-refractivity contribution in [3.63, 3.8) is 0 Å². The number of hydrogen-bond donors (Lipinski definition) is 0. The van der Waals surface area contributed by atoms with Gasteiger partial charge in [-0.2, -0.15) is 0 Å². The van der Waals surface area contributed by atoms with E-state index in [-0.39, 0.29) is 18.6 Å². The molecule has 23 heavy (non-hydrogen) atoms. The Morgan fingerprint density at radius 1 is 1.52 bits per heavy atom. The minimum atomic E-state index is -0.208. The van der Waals surface area contributed by atoms with Gasteiger partial charge in [0.2, 0.25) is 5.91 Å². The average Bonchev–Trinajstić information content (AvgIpc) is 2.98. The Bertz CT molecular complexity index is 619. The van der Waals surface area contributed by atoms with Crippen LogP contribution in [0.4, 0.5) is 0 Å². The smallest absolute Gasteiger partial charge is 0.248 e. The van der Waals surface area contributed by atoms with E-state index < -0.39 is 0 Å². The van der Waals surface area contributed by atoms with Crippen LogP contribution in [0.15, 0.2) is 36.0 Å². The Hall–Kier alpha value is -1.56. The highest BCUT2D eigenvalue weighted by atomic mass is 35.5. The zero-order chi connectivity index (χ0) is 16.8. The summed E-state index contributed by atoms with van der Waals surface area (Å²) in [6.45, 7) is 4.55. The van der Waals surface area contributed by atoms with Crippen molar-refractivity contribution in [2.45, 2.75) is 12.5 Å². The topological polar surface area (TPSA) is 51.1 Å². The number of halogens is 2. The molecule has 0 aliphatic carbocycles. The molecule has 2 rings (SSSR count). The first-order valence-electron chi connectivity index (χ1n) is 7.11. The molecular formula is C16H18Cl2N2O3. The fraction of sp³-hybridized carbons (Fsp3) is 0.375. The maximum atomic E-state index is 12.0. The number of methoxy groups -OCH3 is 1. The predicted molar refractivity (Wildman–Crippen MR) is 91.1 cm³/mol. The average molecular weight is 357 g/mol. The first-order chi connectivity index (χ1) is 11.0. The van der Waals surface area contributed by atoms with Crippen LogP contribution in [0.25, 0.3) is 0 Å². The molecule has 0 radical (unpaired) electrons. The van der Waals surface area contributed by atoms with Crippen LogP contribution in [-0.4, -0.2) is 49.4 Å². The Balaban J connectivity index is 1.98. The van der Waals surface area contributed by atoms with Gasteiger partial charge in [0, 0.05) is 25.6 Å². The highest BCUT2D eigenvalue weighted by Gasteiger charge is 2.26. The monoisotopic (exact) mass is 356 g/mol. The number of nitrogens with zero attached hydrogens (tertiary/aromatic N) is 2. The van der Waals surface area contributed by atoms with Gasteiger partial charge < -0.3 is 14.5 Å². The number of carbonyl (C=O) groups is 1. The van der Waals surface area contributed by atoms with Crippen LogP contribution < -0.4 is 0 Å². The lowest BCUT2D eigenvalue weighted by Gasteiger charge is -2.23.